The lowest BCUT2D eigenvalue weighted by molar-refractivity contribution is -0.284. The molecule has 44 heavy (non-hydrogen) atoms. The second-order valence-corrected chi connectivity index (χ2v) is 13.7. The topological polar surface area (TPSA) is 124 Å². The van der Waals surface area contributed by atoms with Gasteiger partial charge in [-0.2, -0.15) is 22.0 Å². The Labute approximate surface area is 253 Å². The maximum absolute atomic E-state index is 13.2. The zero-order chi connectivity index (χ0) is 32.2. The number of aliphatic imine (C=N–C) groups is 1. The van der Waals surface area contributed by atoms with Gasteiger partial charge < -0.3 is 20.1 Å². The van der Waals surface area contributed by atoms with Crippen LogP contribution in [0.15, 0.2) is 35.5 Å². The van der Waals surface area contributed by atoms with Crippen molar-refractivity contribution in [3.05, 3.63) is 36.0 Å². The van der Waals surface area contributed by atoms with E-state index < -0.39 is 40.2 Å². The number of nitrogens with zero attached hydrogens (tertiary/aromatic N) is 3. The Morgan fingerprint density at radius 1 is 1.00 bits per heavy atom. The number of amidine groups is 1. The number of aliphatic hydroxyl groups excluding tert-OH is 2. The molecule has 0 aliphatic carbocycles. The molecule has 1 fully saturated rings. The summed E-state index contributed by atoms with van der Waals surface area (Å²) in [6.45, 7) is 0.145. The van der Waals surface area contributed by atoms with E-state index >= 15 is 0 Å². The predicted octanol–water partition coefficient (Wildman–Crippen LogP) is 4.16. The molecule has 9 nitrogen and oxygen atoms in total. The molecule has 1 aromatic carbocycles. The maximum atomic E-state index is 13.2. The Hall–Kier alpha value is -2.62. The largest absolute Gasteiger partial charge is 0.453 e. The SMILES string of the molecule is O=C1NC(CCCCCCCC(F)(F)C(F)(F)F)=NC12CCN(S(=O)(=O)CCc1cccc3c1ccn3CC(O)CO)CC2. The van der Waals surface area contributed by atoms with E-state index in [0.717, 1.165) is 16.5 Å². The summed E-state index contributed by atoms with van der Waals surface area (Å²) in [6.07, 6.45) is -3.00. The summed E-state index contributed by atoms with van der Waals surface area (Å²) < 4.78 is 92.3. The fraction of sp³-hybridized carbons (Fsp3) is 0.655. The number of rotatable bonds is 15. The van der Waals surface area contributed by atoms with Crippen molar-refractivity contribution in [1.82, 2.24) is 14.2 Å². The van der Waals surface area contributed by atoms with Crippen LogP contribution in [0, 0.1) is 0 Å². The molecule has 2 aromatic rings. The van der Waals surface area contributed by atoms with Crippen molar-refractivity contribution in [2.75, 3.05) is 25.4 Å². The zero-order valence-corrected chi connectivity index (χ0v) is 25.1. The quantitative estimate of drug-likeness (QED) is 0.197. The number of halogens is 5. The van der Waals surface area contributed by atoms with Gasteiger partial charge in [0.1, 0.15) is 11.4 Å². The van der Waals surface area contributed by atoms with Crippen LogP contribution in [0.4, 0.5) is 22.0 Å². The smallest absolute Gasteiger partial charge is 0.394 e. The molecule has 1 saturated heterocycles. The Balaban J connectivity index is 1.23. The molecule has 4 rings (SSSR count). The van der Waals surface area contributed by atoms with Crippen molar-refractivity contribution in [3.63, 3.8) is 0 Å². The molecule has 2 aliphatic heterocycles. The van der Waals surface area contributed by atoms with Crippen LogP contribution in [0.5, 0.6) is 0 Å². The van der Waals surface area contributed by atoms with Gasteiger partial charge in [0.25, 0.3) is 5.91 Å². The Bertz CT molecular complexity index is 1440. The van der Waals surface area contributed by atoms with Crippen LogP contribution in [0.3, 0.4) is 0 Å². The summed E-state index contributed by atoms with van der Waals surface area (Å²) in [7, 11) is -3.62. The van der Waals surface area contributed by atoms with Gasteiger partial charge in [-0.3, -0.25) is 9.79 Å². The van der Waals surface area contributed by atoms with Crippen molar-refractivity contribution >= 4 is 32.7 Å². The number of aromatic nitrogens is 1. The number of unbranched alkanes of at least 4 members (excludes halogenated alkanes) is 4. The van der Waals surface area contributed by atoms with Gasteiger partial charge >= 0.3 is 12.1 Å². The van der Waals surface area contributed by atoms with Crippen LogP contribution in [-0.2, 0) is 27.8 Å². The van der Waals surface area contributed by atoms with Crippen molar-refractivity contribution in [2.24, 2.45) is 4.99 Å². The first-order valence-electron chi connectivity index (χ1n) is 14.9. The van der Waals surface area contributed by atoms with Gasteiger partial charge in [-0.25, -0.2) is 12.7 Å². The molecule has 2 aliphatic rings. The van der Waals surface area contributed by atoms with Gasteiger partial charge in [-0.05, 0) is 49.8 Å². The summed E-state index contributed by atoms with van der Waals surface area (Å²) in [5.74, 6) is -4.57. The predicted molar refractivity (Wildman–Crippen MR) is 155 cm³/mol. The van der Waals surface area contributed by atoms with Gasteiger partial charge in [0, 0.05) is 43.0 Å². The van der Waals surface area contributed by atoms with Crippen molar-refractivity contribution < 1.29 is 45.4 Å². The highest BCUT2D eigenvalue weighted by Crippen LogP contribution is 2.39. The van der Waals surface area contributed by atoms with E-state index in [9.17, 15) is 40.3 Å². The Kier molecular flexibility index (Phi) is 10.7. The van der Waals surface area contributed by atoms with E-state index in [4.69, 9.17) is 5.11 Å². The van der Waals surface area contributed by atoms with Crippen LogP contribution < -0.4 is 5.32 Å². The highest BCUT2D eigenvalue weighted by atomic mass is 32.2. The second-order valence-electron chi connectivity index (χ2n) is 11.6. The third-order valence-electron chi connectivity index (χ3n) is 8.44. The average molecular weight is 651 g/mol. The van der Waals surface area contributed by atoms with Crippen LogP contribution in [0.2, 0.25) is 0 Å². The minimum absolute atomic E-state index is 0.113. The van der Waals surface area contributed by atoms with E-state index in [1.165, 1.54) is 4.31 Å². The molecule has 3 N–H and O–H groups in total. The molecule has 0 saturated carbocycles. The summed E-state index contributed by atoms with van der Waals surface area (Å²) in [5, 5.41) is 22.6. The second kappa shape index (κ2) is 13.8. The minimum atomic E-state index is -5.53. The number of benzene rings is 1. The minimum Gasteiger partial charge on any atom is -0.394 e. The van der Waals surface area contributed by atoms with E-state index in [-0.39, 0.29) is 70.0 Å². The number of amides is 1. The fourth-order valence-corrected chi connectivity index (χ4v) is 7.28. The first-order chi connectivity index (χ1) is 20.7. The summed E-state index contributed by atoms with van der Waals surface area (Å²) in [6, 6.07) is 7.42. The fourth-order valence-electron chi connectivity index (χ4n) is 5.80. The number of aliphatic hydroxyl groups is 2. The molecule has 246 valence electrons. The van der Waals surface area contributed by atoms with E-state index in [2.05, 4.69) is 10.3 Å². The van der Waals surface area contributed by atoms with Crippen molar-refractivity contribution in [3.8, 4) is 0 Å². The standard InChI is InChI=1S/C29H39F5N4O5S/c30-28(31,29(32,33)34)12-5-3-1-2-4-9-25-35-26(41)27(36-25)13-16-38(17-14-27)44(42,43)18-11-21-7-6-8-24-23(21)10-15-37(24)19-22(40)20-39/h6-8,10,15,22,39-40H,1-5,9,11-14,16-20H2,(H,35,36,41). The van der Waals surface area contributed by atoms with E-state index in [1.54, 1.807) is 6.20 Å². The number of piperidine rings is 1. The van der Waals surface area contributed by atoms with Crippen molar-refractivity contribution in [1.29, 1.82) is 0 Å². The number of hydrogen-bond donors (Lipinski definition) is 3. The van der Waals surface area contributed by atoms with Crippen LogP contribution >= 0.6 is 0 Å². The third-order valence-corrected chi connectivity index (χ3v) is 10.3. The number of sulfonamides is 1. The molecule has 1 aromatic heterocycles. The van der Waals surface area contributed by atoms with E-state index in [1.807, 2.05) is 28.8 Å². The van der Waals surface area contributed by atoms with Gasteiger partial charge in [0.2, 0.25) is 10.0 Å². The number of alkyl halides is 5. The number of hydrogen-bond acceptors (Lipinski definition) is 6. The third kappa shape index (κ3) is 7.96. The lowest BCUT2D eigenvalue weighted by atomic mass is 9.89. The monoisotopic (exact) mass is 650 g/mol. The highest BCUT2D eigenvalue weighted by Gasteiger charge is 2.56. The first kappa shape index (κ1) is 34.3. The molecular formula is C29H39F5N4O5S. The summed E-state index contributed by atoms with van der Waals surface area (Å²) in [4.78, 5) is 17.4. The number of carbonyl (C=O) groups excluding carboxylic acids is 1. The number of fused-ring (bicyclic) bond motifs is 1. The molecule has 15 heteroatoms. The van der Waals surface area contributed by atoms with Gasteiger partial charge in [0.05, 0.1) is 25.0 Å². The highest BCUT2D eigenvalue weighted by molar-refractivity contribution is 7.89. The molecule has 1 amide bonds. The summed E-state index contributed by atoms with van der Waals surface area (Å²) >= 11 is 0. The molecular weight excluding hydrogens is 611 g/mol. The first-order valence-corrected chi connectivity index (χ1v) is 16.5. The number of nitrogens with one attached hydrogen (secondary N) is 1. The molecule has 1 atom stereocenters. The molecule has 0 bridgehead atoms. The normalized spacial score (nSPS) is 18.6. The van der Waals surface area contributed by atoms with Crippen molar-refractivity contribution in [2.45, 2.75) is 94.5 Å². The molecule has 3 heterocycles. The van der Waals surface area contributed by atoms with E-state index in [0.29, 0.717) is 31.5 Å². The number of carbonyl (C=O) groups is 1. The van der Waals surface area contributed by atoms with Gasteiger partial charge in [0.15, 0.2) is 0 Å². The molecule has 1 spiro atoms. The summed E-state index contributed by atoms with van der Waals surface area (Å²) in [5.41, 5.74) is 0.650. The number of aryl methyl sites for hydroxylation is 1. The van der Waals surface area contributed by atoms with Crippen LogP contribution in [0.25, 0.3) is 10.9 Å². The van der Waals surface area contributed by atoms with Gasteiger partial charge in [-0.15, -0.1) is 0 Å². The lowest BCUT2D eigenvalue weighted by Gasteiger charge is -2.34. The average Bonchev–Trinajstić information content (AvgIpc) is 3.51. The van der Waals surface area contributed by atoms with Gasteiger partial charge in [-0.1, -0.05) is 31.4 Å². The van der Waals surface area contributed by atoms with Crippen LogP contribution in [0.1, 0.15) is 63.4 Å². The Morgan fingerprint density at radius 3 is 2.36 bits per heavy atom. The molecule has 0 radical (unpaired) electrons. The maximum Gasteiger partial charge on any atom is 0.453 e. The molecule has 1 unspecified atom stereocenters. The lowest BCUT2D eigenvalue weighted by Crippen LogP contribution is -2.50. The Morgan fingerprint density at radius 2 is 1.68 bits per heavy atom. The zero-order valence-electron chi connectivity index (χ0n) is 24.3. The van der Waals surface area contributed by atoms with Crippen LogP contribution in [-0.4, -0.2) is 88.4 Å².